The van der Waals surface area contributed by atoms with Crippen LogP contribution < -0.4 is 14.8 Å². The van der Waals surface area contributed by atoms with E-state index in [1.54, 1.807) is 7.11 Å². The Morgan fingerprint density at radius 3 is 2.84 bits per heavy atom. The summed E-state index contributed by atoms with van der Waals surface area (Å²) in [4.78, 5) is 10.6. The van der Waals surface area contributed by atoms with E-state index in [4.69, 9.17) is 14.7 Å². The first-order valence-corrected chi connectivity index (χ1v) is 10.3. The molecule has 1 atom stereocenters. The Morgan fingerprint density at radius 2 is 2.12 bits per heavy atom. The summed E-state index contributed by atoms with van der Waals surface area (Å²) in [6.45, 7) is 5.08. The van der Waals surface area contributed by atoms with Crippen LogP contribution in [0, 0.1) is 11.3 Å². The molecule has 3 heterocycles. The second kappa shape index (κ2) is 10.8. The van der Waals surface area contributed by atoms with E-state index in [1.807, 2.05) is 30.3 Å². The van der Waals surface area contributed by atoms with Crippen LogP contribution in [0.5, 0.6) is 11.5 Å². The molecular weight excluding hydrogens is 430 g/mol. The van der Waals surface area contributed by atoms with E-state index in [0.717, 1.165) is 30.1 Å². The first-order valence-electron chi connectivity index (χ1n) is 10.3. The molecular formula is C22H26ClN7O2. The smallest absolute Gasteiger partial charge is 0.158 e. The number of likely N-dealkylation sites (N-methyl/N-ethyl adjacent to an activating group) is 1. The number of aromatic amines is 1. The van der Waals surface area contributed by atoms with Crippen LogP contribution in [-0.2, 0) is 0 Å². The Kier molecular flexibility index (Phi) is 7.87. The summed E-state index contributed by atoms with van der Waals surface area (Å²) in [7, 11) is 1.64. The maximum absolute atomic E-state index is 8.82. The van der Waals surface area contributed by atoms with Gasteiger partial charge < -0.3 is 14.8 Å². The molecule has 1 saturated heterocycles. The fourth-order valence-corrected chi connectivity index (χ4v) is 3.78. The number of methoxy groups -OCH3 is 1. The van der Waals surface area contributed by atoms with Crippen LogP contribution in [0.1, 0.15) is 25.5 Å². The maximum atomic E-state index is 8.82. The molecule has 0 unspecified atom stereocenters. The van der Waals surface area contributed by atoms with E-state index in [9.17, 15) is 0 Å². The number of H-pyrrole nitrogens is 1. The molecule has 168 valence electrons. The fourth-order valence-electron chi connectivity index (χ4n) is 3.78. The van der Waals surface area contributed by atoms with Gasteiger partial charge in [-0.25, -0.2) is 9.97 Å². The van der Waals surface area contributed by atoms with E-state index in [1.165, 1.54) is 25.2 Å². The van der Waals surface area contributed by atoms with Crippen molar-refractivity contribution in [2.24, 2.45) is 0 Å². The van der Waals surface area contributed by atoms with Gasteiger partial charge >= 0.3 is 0 Å². The first kappa shape index (κ1) is 23.3. The van der Waals surface area contributed by atoms with Gasteiger partial charge in [0.05, 0.1) is 25.2 Å². The van der Waals surface area contributed by atoms with E-state index in [2.05, 4.69) is 37.3 Å². The van der Waals surface area contributed by atoms with Crippen molar-refractivity contribution in [3.63, 3.8) is 0 Å². The number of nitriles is 1. The highest BCUT2D eigenvalue weighted by Gasteiger charge is 2.23. The van der Waals surface area contributed by atoms with Crippen molar-refractivity contribution in [3.8, 4) is 28.8 Å². The largest absolute Gasteiger partial charge is 0.496 e. The van der Waals surface area contributed by atoms with Crippen LogP contribution >= 0.6 is 12.4 Å². The van der Waals surface area contributed by atoms with E-state index in [-0.39, 0.29) is 18.1 Å². The molecule has 1 fully saturated rings. The molecule has 10 heteroatoms. The molecule has 0 saturated carbocycles. The maximum Gasteiger partial charge on any atom is 0.158 e. The zero-order valence-electron chi connectivity index (χ0n) is 18.0. The summed E-state index contributed by atoms with van der Waals surface area (Å²) in [5.74, 6) is 2.57. The molecule has 0 amide bonds. The highest BCUT2D eigenvalue weighted by Crippen LogP contribution is 2.33. The standard InChI is InChI=1S/C22H25N7O2.ClH/c1-3-29-8-4-5-16(29)14-31-17-6-7-18(20(9-17)30-2)19-10-21(28-27-19)26-22-13-24-15(11-23)12-25-22;/h6-7,9-10,12-13,16H,3-5,8,14H2,1-2H3,(H2,25,26,27,28);1H/t16-;/m0./s1. The molecule has 32 heavy (non-hydrogen) atoms. The van der Waals surface area contributed by atoms with Crippen LogP contribution in [0.2, 0.25) is 0 Å². The Morgan fingerprint density at radius 1 is 1.25 bits per heavy atom. The van der Waals surface area contributed by atoms with Gasteiger partial charge in [-0.2, -0.15) is 10.4 Å². The molecule has 1 aromatic carbocycles. The molecule has 0 bridgehead atoms. The van der Waals surface area contributed by atoms with Crippen LogP contribution in [0.3, 0.4) is 0 Å². The number of rotatable bonds is 8. The summed E-state index contributed by atoms with van der Waals surface area (Å²) in [6.07, 6.45) is 5.30. The van der Waals surface area contributed by atoms with Crippen molar-refractivity contribution < 1.29 is 9.47 Å². The molecule has 4 rings (SSSR count). The minimum atomic E-state index is 0. The molecule has 0 spiro atoms. The lowest BCUT2D eigenvalue weighted by Gasteiger charge is -2.23. The number of likely N-dealkylation sites (tertiary alicyclic amines) is 1. The third-order valence-electron chi connectivity index (χ3n) is 5.41. The molecule has 9 nitrogen and oxygen atoms in total. The van der Waals surface area contributed by atoms with Gasteiger partial charge in [0.15, 0.2) is 11.5 Å². The minimum absolute atomic E-state index is 0. The second-order valence-electron chi connectivity index (χ2n) is 7.29. The third-order valence-corrected chi connectivity index (χ3v) is 5.41. The number of hydrogen-bond donors (Lipinski definition) is 2. The molecule has 3 aromatic rings. The van der Waals surface area contributed by atoms with E-state index >= 15 is 0 Å². The highest BCUT2D eigenvalue weighted by molar-refractivity contribution is 5.85. The number of ether oxygens (including phenoxy) is 2. The lowest BCUT2D eigenvalue weighted by atomic mass is 10.1. The first-order chi connectivity index (χ1) is 15.2. The van der Waals surface area contributed by atoms with Gasteiger partial charge in [-0.1, -0.05) is 6.92 Å². The van der Waals surface area contributed by atoms with Crippen LogP contribution in [0.25, 0.3) is 11.3 Å². The molecule has 2 N–H and O–H groups in total. The molecule has 2 aromatic heterocycles. The summed E-state index contributed by atoms with van der Waals surface area (Å²) in [5.41, 5.74) is 1.92. The minimum Gasteiger partial charge on any atom is -0.496 e. The number of nitrogens with zero attached hydrogens (tertiary/aromatic N) is 5. The number of benzene rings is 1. The highest BCUT2D eigenvalue weighted by atomic mass is 35.5. The number of halogens is 1. The Hall–Kier alpha value is -3.35. The monoisotopic (exact) mass is 455 g/mol. The molecule has 1 aliphatic heterocycles. The van der Waals surface area contributed by atoms with Crippen molar-refractivity contribution in [2.75, 3.05) is 32.1 Å². The van der Waals surface area contributed by atoms with Gasteiger partial charge in [-0.05, 0) is 38.1 Å². The second-order valence-corrected chi connectivity index (χ2v) is 7.29. The topological polar surface area (TPSA) is 112 Å². The summed E-state index contributed by atoms with van der Waals surface area (Å²) in [5, 5.41) is 19.2. The van der Waals surface area contributed by atoms with E-state index < -0.39 is 0 Å². The normalized spacial score (nSPS) is 15.6. The lowest BCUT2D eigenvalue weighted by Crippen LogP contribution is -2.33. The van der Waals surface area contributed by atoms with Gasteiger partial charge in [0.25, 0.3) is 0 Å². The van der Waals surface area contributed by atoms with Crippen LogP contribution in [0.4, 0.5) is 11.6 Å². The fraction of sp³-hybridized carbons (Fsp3) is 0.364. The molecule has 0 aliphatic carbocycles. The predicted octanol–water partition coefficient (Wildman–Crippen LogP) is 3.78. The van der Waals surface area contributed by atoms with Gasteiger partial charge in [-0.3, -0.25) is 10.00 Å². The average molecular weight is 456 g/mol. The Bertz CT molecular complexity index is 1060. The van der Waals surface area contributed by atoms with Crippen LogP contribution in [0.15, 0.2) is 36.7 Å². The van der Waals surface area contributed by atoms with E-state index in [0.29, 0.717) is 30.0 Å². The Balaban J connectivity index is 0.00000289. The van der Waals surface area contributed by atoms with Gasteiger partial charge in [0.1, 0.15) is 30.0 Å². The van der Waals surface area contributed by atoms with Crippen molar-refractivity contribution in [1.82, 2.24) is 25.1 Å². The third kappa shape index (κ3) is 5.28. The van der Waals surface area contributed by atoms with Crippen LogP contribution in [-0.4, -0.2) is 57.9 Å². The SMILES string of the molecule is CCN1CCC[C@H]1COc1ccc(-c2cc(Nc3cnc(C#N)cn3)n[nH]2)c(OC)c1.Cl. The number of anilines is 2. The lowest BCUT2D eigenvalue weighted by molar-refractivity contribution is 0.178. The number of hydrogen-bond acceptors (Lipinski definition) is 8. The predicted molar refractivity (Wildman–Crippen MR) is 124 cm³/mol. The van der Waals surface area contributed by atoms with Crippen molar-refractivity contribution in [2.45, 2.75) is 25.8 Å². The van der Waals surface area contributed by atoms with Gasteiger partial charge in [0, 0.05) is 23.7 Å². The zero-order chi connectivity index (χ0) is 21.6. The van der Waals surface area contributed by atoms with Gasteiger partial charge in [0.2, 0.25) is 0 Å². The van der Waals surface area contributed by atoms with Crippen molar-refractivity contribution in [1.29, 1.82) is 5.26 Å². The summed E-state index contributed by atoms with van der Waals surface area (Å²) >= 11 is 0. The summed E-state index contributed by atoms with van der Waals surface area (Å²) in [6, 6.07) is 10.1. The zero-order valence-corrected chi connectivity index (χ0v) is 18.9. The molecule has 1 aliphatic rings. The molecule has 0 radical (unpaired) electrons. The van der Waals surface area contributed by atoms with Crippen molar-refractivity contribution in [3.05, 3.63) is 42.4 Å². The number of nitrogens with one attached hydrogen (secondary N) is 2. The number of aromatic nitrogens is 4. The Labute approximate surface area is 193 Å². The summed E-state index contributed by atoms with van der Waals surface area (Å²) < 4.78 is 11.7. The quantitative estimate of drug-likeness (QED) is 0.527. The average Bonchev–Trinajstić information content (AvgIpc) is 3.47. The van der Waals surface area contributed by atoms with Crippen molar-refractivity contribution >= 4 is 24.0 Å². The van der Waals surface area contributed by atoms with Gasteiger partial charge in [-0.15, -0.1) is 12.4 Å².